The minimum absolute atomic E-state index is 0.0778. The fraction of sp³-hybridized carbons (Fsp3) is 0.357. The van der Waals surface area contributed by atoms with E-state index in [4.69, 9.17) is 15.2 Å². The molecule has 0 fully saturated rings. The molecule has 0 saturated carbocycles. The van der Waals surface area contributed by atoms with E-state index in [1.165, 1.54) is 23.9 Å². The molecule has 0 unspecified atom stereocenters. The van der Waals surface area contributed by atoms with Crippen LogP contribution >= 0.6 is 0 Å². The lowest BCUT2D eigenvalue weighted by molar-refractivity contribution is 0.230. The lowest BCUT2D eigenvalue weighted by atomic mass is 10.1. The topological polar surface area (TPSA) is 62.3 Å². The zero-order valence-corrected chi connectivity index (χ0v) is 12.0. The van der Waals surface area contributed by atoms with Gasteiger partial charge in [0.2, 0.25) is 0 Å². The Kier molecular flexibility index (Phi) is 3.83. The Hall–Kier alpha value is -2.24. The van der Waals surface area contributed by atoms with Gasteiger partial charge in [0.15, 0.2) is 11.5 Å². The van der Waals surface area contributed by atoms with Crippen molar-refractivity contribution in [1.29, 1.82) is 0 Å². The Morgan fingerprint density at radius 3 is 2.50 bits per heavy atom. The van der Waals surface area contributed by atoms with Gasteiger partial charge in [-0.05, 0) is 19.9 Å². The van der Waals surface area contributed by atoms with E-state index < -0.39 is 5.82 Å². The quantitative estimate of drug-likeness (QED) is 0.934. The van der Waals surface area contributed by atoms with Crippen molar-refractivity contribution in [3.8, 4) is 22.6 Å². The maximum absolute atomic E-state index is 13.8. The summed E-state index contributed by atoms with van der Waals surface area (Å²) >= 11 is 0. The first-order valence-electron chi connectivity index (χ1n) is 6.26. The van der Waals surface area contributed by atoms with Crippen LogP contribution in [0.3, 0.4) is 0 Å². The molecule has 20 heavy (non-hydrogen) atoms. The van der Waals surface area contributed by atoms with Gasteiger partial charge in [0.05, 0.1) is 19.4 Å². The first-order valence-corrected chi connectivity index (χ1v) is 6.26. The maximum atomic E-state index is 13.8. The summed E-state index contributed by atoms with van der Waals surface area (Å²) in [6, 6.07) is 2.65. The van der Waals surface area contributed by atoms with Gasteiger partial charge >= 0.3 is 0 Å². The number of hydrogen-bond acceptors (Lipinski definition) is 4. The summed E-state index contributed by atoms with van der Waals surface area (Å²) in [7, 11) is 3.19. The average Bonchev–Trinajstić information content (AvgIpc) is 2.71. The molecule has 108 valence electrons. The summed E-state index contributed by atoms with van der Waals surface area (Å²) in [5.74, 6) is 0.808. The van der Waals surface area contributed by atoms with Crippen molar-refractivity contribution in [2.45, 2.75) is 20.0 Å². The predicted octanol–water partition coefficient (Wildman–Crippen LogP) is 2.60. The Labute approximate surface area is 117 Å². The third-order valence-corrected chi connectivity index (χ3v) is 2.87. The standard InChI is InChI=1S/C14H18FN3O2/c1-8(2)20-13-10(5-9(15)6-12(13)19-4)11-7-17-18(3)14(11)16/h5-8H,16H2,1-4H3. The van der Waals surface area contributed by atoms with Gasteiger partial charge in [0.1, 0.15) is 11.6 Å². The summed E-state index contributed by atoms with van der Waals surface area (Å²) in [6.45, 7) is 3.78. The third kappa shape index (κ3) is 2.54. The Bertz CT molecular complexity index is 623. The van der Waals surface area contributed by atoms with Crippen LogP contribution in [0.25, 0.3) is 11.1 Å². The molecule has 0 atom stereocenters. The zero-order valence-electron chi connectivity index (χ0n) is 12.0. The minimum Gasteiger partial charge on any atom is -0.493 e. The number of nitrogen functional groups attached to an aromatic ring is 1. The van der Waals surface area contributed by atoms with E-state index in [1.807, 2.05) is 13.8 Å². The highest BCUT2D eigenvalue weighted by atomic mass is 19.1. The maximum Gasteiger partial charge on any atom is 0.169 e. The molecule has 0 bridgehead atoms. The molecular formula is C14H18FN3O2. The van der Waals surface area contributed by atoms with Crippen LogP contribution < -0.4 is 15.2 Å². The Balaban J connectivity index is 2.66. The molecule has 1 aromatic carbocycles. The fourth-order valence-electron chi connectivity index (χ4n) is 1.93. The number of nitrogens with zero attached hydrogens (tertiary/aromatic N) is 2. The van der Waals surface area contributed by atoms with E-state index in [-0.39, 0.29) is 6.10 Å². The van der Waals surface area contributed by atoms with Crippen molar-refractivity contribution in [1.82, 2.24) is 9.78 Å². The highest BCUT2D eigenvalue weighted by Gasteiger charge is 2.19. The zero-order chi connectivity index (χ0) is 14.9. The molecule has 0 aliphatic carbocycles. The van der Waals surface area contributed by atoms with E-state index in [0.29, 0.717) is 28.4 Å². The van der Waals surface area contributed by atoms with Crippen molar-refractivity contribution in [2.75, 3.05) is 12.8 Å². The van der Waals surface area contributed by atoms with Crippen LogP contribution in [0.15, 0.2) is 18.3 Å². The number of halogens is 1. The number of anilines is 1. The van der Waals surface area contributed by atoms with Gasteiger partial charge in [-0.2, -0.15) is 5.10 Å². The summed E-state index contributed by atoms with van der Waals surface area (Å²) in [5.41, 5.74) is 7.10. The number of ether oxygens (including phenoxy) is 2. The minimum atomic E-state index is -0.420. The van der Waals surface area contributed by atoms with Gasteiger partial charge < -0.3 is 15.2 Å². The van der Waals surface area contributed by atoms with Crippen LogP contribution in [-0.4, -0.2) is 23.0 Å². The van der Waals surface area contributed by atoms with Crippen LogP contribution in [0, 0.1) is 5.82 Å². The number of methoxy groups -OCH3 is 1. The van der Waals surface area contributed by atoms with Crippen LogP contribution in [0.1, 0.15) is 13.8 Å². The summed E-state index contributed by atoms with van der Waals surface area (Å²) in [6.07, 6.45) is 1.50. The molecule has 2 rings (SSSR count). The molecule has 6 heteroatoms. The van der Waals surface area contributed by atoms with Crippen molar-refractivity contribution in [2.24, 2.45) is 7.05 Å². The first-order chi connectivity index (χ1) is 9.43. The highest BCUT2D eigenvalue weighted by molar-refractivity contribution is 5.80. The van der Waals surface area contributed by atoms with Gasteiger partial charge in [-0.3, -0.25) is 4.68 Å². The van der Waals surface area contributed by atoms with Gasteiger partial charge in [0.25, 0.3) is 0 Å². The van der Waals surface area contributed by atoms with Crippen LogP contribution in [-0.2, 0) is 7.05 Å². The monoisotopic (exact) mass is 279 g/mol. The number of hydrogen-bond donors (Lipinski definition) is 1. The number of benzene rings is 1. The molecule has 1 aromatic heterocycles. The molecular weight excluding hydrogens is 261 g/mol. The first kappa shape index (κ1) is 14.2. The van der Waals surface area contributed by atoms with E-state index >= 15 is 0 Å². The van der Waals surface area contributed by atoms with Crippen molar-refractivity contribution in [3.05, 3.63) is 24.1 Å². The predicted molar refractivity (Wildman–Crippen MR) is 75.3 cm³/mol. The normalized spacial score (nSPS) is 10.9. The van der Waals surface area contributed by atoms with Gasteiger partial charge in [-0.15, -0.1) is 0 Å². The second kappa shape index (κ2) is 5.40. The molecule has 0 spiro atoms. The van der Waals surface area contributed by atoms with Crippen molar-refractivity contribution >= 4 is 5.82 Å². The average molecular weight is 279 g/mol. The number of rotatable bonds is 4. The molecule has 2 aromatic rings. The highest BCUT2D eigenvalue weighted by Crippen LogP contribution is 2.41. The molecule has 1 heterocycles. The Morgan fingerprint density at radius 1 is 1.30 bits per heavy atom. The number of aryl methyl sites for hydroxylation is 1. The molecule has 0 radical (unpaired) electrons. The molecule has 0 aliphatic heterocycles. The van der Waals surface area contributed by atoms with Crippen LogP contribution in [0.2, 0.25) is 0 Å². The van der Waals surface area contributed by atoms with E-state index in [9.17, 15) is 4.39 Å². The molecule has 2 N–H and O–H groups in total. The van der Waals surface area contributed by atoms with E-state index in [0.717, 1.165) is 0 Å². The lowest BCUT2D eigenvalue weighted by Gasteiger charge is -2.17. The van der Waals surface area contributed by atoms with Crippen LogP contribution in [0.5, 0.6) is 11.5 Å². The second-order valence-electron chi connectivity index (χ2n) is 4.72. The van der Waals surface area contributed by atoms with Gasteiger partial charge in [0, 0.05) is 24.2 Å². The number of nitrogens with two attached hydrogens (primary N) is 1. The van der Waals surface area contributed by atoms with Gasteiger partial charge in [-0.25, -0.2) is 4.39 Å². The summed E-state index contributed by atoms with van der Waals surface area (Å²) in [4.78, 5) is 0. The van der Waals surface area contributed by atoms with E-state index in [1.54, 1.807) is 13.2 Å². The molecule has 5 nitrogen and oxygen atoms in total. The van der Waals surface area contributed by atoms with Crippen molar-refractivity contribution in [3.63, 3.8) is 0 Å². The third-order valence-electron chi connectivity index (χ3n) is 2.87. The summed E-state index contributed by atoms with van der Waals surface area (Å²) in [5, 5.41) is 4.07. The number of aromatic nitrogens is 2. The fourth-order valence-corrected chi connectivity index (χ4v) is 1.93. The Morgan fingerprint density at radius 2 is 2.00 bits per heavy atom. The SMILES string of the molecule is COc1cc(F)cc(-c2cnn(C)c2N)c1OC(C)C. The largest absolute Gasteiger partial charge is 0.493 e. The summed E-state index contributed by atoms with van der Waals surface area (Å²) < 4.78 is 26.2. The van der Waals surface area contributed by atoms with Crippen LogP contribution in [0.4, 0.5) is 10.2 Å². The lowest BCUT2D eigenvalue weighted by Crippen LogP contribution is -2.08. The second-order valence-corrected chi connectivity index (χ2v) is 4.72. The molecule has 0 aliphatic rings. The molecule has 0 saturated heterocycles. The smallest absolute Gasteiger partial charge is 0.169 e. The molecule has 0 amide bonds. The van der Waals surface area contributed by atoms with Gasteiger partial charge in [-0.1, -0.05) is 0 Å². The van der Waals surface area contributed by atoms with Crippen molar-refractivity contribution < 1.29 is 13.9 Å². The van der Waals surface area contributed by atoms with E-state index in [2.05, 4.69) is 5.10 Å².